The van der Waals surface area contributed by atoms with Crippen molar-refractivity contribution in [2.75, 3.05) is 6.61 Å². The molecule has 1 aliphatic heterocycles. The maximum Gasteiger partial charge on any atom is 0.123 e. The fourth-order valence-corrected chi connectivity index (χ4v) is 2.79. The van der Waals surface area contributed by atoms with Gasteiger partial charge in [0.1, 0.15) is 11.6 Å². The predicted octanol–water partition coefficient (Wildman–Crippen LogP) is 4.17. The normalized spacial score (nSPS) is 16.1. The third kappa shape index (κ3) is 3.08. The number of nitrogens with one attached hydrogen (secondary N) is 1. The van der Waals surface area contributed by atoms with Gasteiger partial charge in [0.25, 0.3) is 0 Å². The highest BCUT2D eigenvalue weighted by Gasteiger charge is 2.16. The summed E-state index contributed by atoms with van der Waals surface area (Å²) in [4.78, 5) is 0. The molecule has 1 aliphatic rings. The molecule has 0 radical (unpaired) electrons. The predicted molar refractivity (Wildman–Crippen MR) is 82.0 cm³/mol. The van der Waals surface area contributed by atoms with Gasteiger partial charge in [0.2, 0.25) is 0 Å². The van der Waals surface area contributed by atoms with E-state index in [9.17, 15) is 4.39 Å². The Hall–Kier alpha value is -1.87. The van der Waals surface area contributed by atoms with Gasteiger partial charge >= 0.3 is 0 Å². The molecule has 2 atom stereocenters. The van der Waals surface area contributed by atoms with Gasteiger partial charge in [0, 0.05) is 18.5 Å². The SMILES string of the molecule is CC(N[C@H](C)c1ccc(F)cc1)c1ccc2c(c1)CCO2. The highest BCUT2D eigenvalue weighted by molar-refractivity contribution is 5.40. The maximum atomic E-state index is 13.0. The first-order chi connectivity index (χ1) is 10.1. The van der Waals surface area contributed by atoms with Crippen LogP contribution < -0.4 is 10.1 Å². The van der Waals surface area contributed by atoms with Crippen LogP contribution in [0.25, 0.3) is 0 Å². The van der Waals surface area contributed by atoms with Crippen LogP contribution in [-0.2, 0) is 6.42 Å². The molecule has 1 N–H and O–H groups in total. The van der Waals surface area contributed by atoms with Crippen molar-refractivity contribution in [2.45, 2.75) is 32.4 Å². The van der Waals surface area contributed by atoms with Gasteiger partial charge in [-0.3, -0.25) is 0 Å². The molecule has 0 fully saturated rings. The average molecular weight is 285 g/mol. The Morgan fingerprint density at radius 2 is 1.67 bits per heavy atom. The quantitative estimate of drug-likeness (QED) is 0.910. The van der Waals surface area contributed by atoms with Gasteiger partial charge in [0.15, 0.2) is 0 Å². The molecule has 0 aromatic heterocycles. The highest BCUT2D eigenvalue weighted by Crippen LogP contribution is 2.29. The number of hydrogen-bond acceptors (Lipinski definition) is 2. The Bertz CT molecular complexity index is 624. The molecular formula is C18H20FNO. The van der Waals surface area contributed by atoms with Crippen molar-refractivity contribution < 1.29 is 9.13 Å². The van der Waals surface area contributed by atoms with Crippen LogP contribution in [0.2, 0.25) is 0 Å². The molecule has 0 saturated heterocycles. The van der Waals surface area contributed by atoms with E-state index in [1.165, 1.54) is 23.3 Å². The second kappa shape index (κ2) is 5.86. The van der Waals surface area contributed by atoms with Gasteiger partial charge in [-0.15, -0.1) is 0 Å². The van der Waals surface area contributed by atoms with Crippen LogP contribution in [0.3, 0.4) is 0 Å². The number of halogens is 1. The fraction of sp³-hybridized carbons (Fsp3) is 0.333. The van der Waals surface area contributed by atoms with E-state index in [-0.39, 0.29) is 17.9 Å². The lowest BCUT2D eigenvalue weighted by Gasteiger charge is -2.21. The highest BCUT2D eigenvalue weighted by atomic mass is 19.1. The maximum absolute atomic E-state index is 13.0. The number of hydrogen-bond donors (Lipinski definition) is 1. The lowest BCUT2D eigenvalue weighted by molar-refractivity contribution is 0.356. The first kappa shape index (κ1) is 14.1. The first-order valence-electron chi connectivity index (χ1n) is 7.40. The van der Waals surface area contributed by atoms with E-state index in [0.717, 1.165) is 24.3 Å². The summed E-state index contributed by atoms with van der Waals surface area (Å²) in [7, 11) is 0. The van der Waals surface area contributed by atoms with Crippen LogP contribution >= 0.6 is 0 Å². The van der Waals surface area contributed by atoms with Crippen LogP contribution in [-0.4, -0.2) is 6.61 Å². The Morgan fingerprint density at radius 3 is 2.43 bits per heavy atom. The minimum Gasteiger partial charge on any atom is -0.493 e. The topological polar surface area (TPSA) is 21.3 Å². The molecule has 0 saturated carbocycles. The van der Waals surface area contributed by atoms with Gasteiger partial charge in [-0.2, -0.15) is 0 Å². The molecule has 0 bridgehead atoms. The molecule has 2 nitrogen and oxygen atoms in total. The summed E-state index contributed by atoms with van der Waals surface area (Å²) in [5, 5.41) is 3.56. The zero-order valence-corrected chi connectivity index (χ0v) is 12.4. The van der Waals surface area contributed by atoms with Crippen LogP contribution in [0.5, 0.6) is 5.75 Å². The summed E-state index contributed by atoms with van der Waals surface area (Å²) < 4.78 is 18.5. The van der Waals surface area contributed by atoms with Crippen molar-refractivity contribution in [3.8, 4) is 5.75 Å². The fourth-order valence-electron chi connectivity index (χ4n) is 2.79. The van der Waals surface area contributed by atoms with Gasteiger partial charge in [-0.05, 0) is 48.7 Å². The second-order valence-corrected chi connectivity index (χ2v) is 5.63. The molecule has 21 heavy (non-hydrogen) atoms. The Balaban J connectivity index is 1.70. The second-order valence-electron chi connectivity index (χ2n) is 5.63. The number of ether oxygens (including phenoxy) is 1. The number of fused-ring (bicyclic) bond motifs is 1. The van der Waals surface area contributed by atoms with Crippen molar-refractivity contribution >= 4 is 0 Å². The van der Waals surface area contributed by atoms with E-state index in [1.807, 2.05) is 12.1 Å². The standard InChI is InChI=1S/C18H20FNO/c1-12(14-3-6-17(19)7-4-14)20-13(2)15-5-8-18-16(11-15)9-10-21-18/h3-8,11-13,20H,9-10H2,1-2H3/t12-,13?/m1/s1. The van der Waals surface area contributed by atoms with E-state index in [0.29, 0.717) is 0 Å². The largest absolute Gasteiger partial charge is 0.493 e. The lowest BCUT2D eigenvalue weighted by atomic mass is 10.0. The van der Waals surface area contributed by atoms with E-state index < -0.39 is 0 Å². The molecule has 110 valence electrons. The Kier molecular flexibility index (Phi) is 3.93. The number of rotatable bonds is 4. The number of benzene rings is 2. The van der Waals surface area contributed by atoms with Gasteiger partial charge in [-0.1, -0.05) is 24.3 Å². The zero-order valence-electron chi connectivity index (χ0n) is 12.4. The summed E-state index contributed by atoms with van der Waals surface area (Å²) in [6.07, 6.45) is 0.989. The summed E-state index contributed by atoms with van der Waals surface area (Å²) in [6, 6.07) is 13.5. The van der Waals surface area contributed by atoms with Crippen molar-refractivity contribution in [1.29, 1.82) is 0 Å². The molecule has 2 aromatic rings. The molecule has 1 unspecified atom stereocenters. The monoisotopic (exact) mass is 285 g/mol. The van der Waals surface area contributed by atoms with E-state index >= 15 is 0 Å². The van der Waals surface area contributed by atoms with Crippen LogP contribution in [0.15, 0.2) is 42.5 Å². The average Bonchev–Trinajstić information content (AvgIpc) is 2.95. The van der Waals surface area contributed by atoms with Crippen molar-refractivity contribution in [2.24, 2.45) is 0 Å². The molecular weight excluding hydrogens is 265 g/mol. The molecule has 2 aromatic carbocycles. The summed E-state index contributed by atoms with van der Waals surface area (Å²) in [6.45, 7) is 5.03. The smallest absolute Gasteiger partial charge is 0.123 e. The van der Waals surface area contributed by atoms with Crippen LogP contribution in [0.1, 0.15) is 42.6 Å². The minimum absolute atomic E-state index is 0.171. The van der Waals surface area contributed by atoms with E-state index in [1.54, 1.807) is 0 Å². The van der Waals surface area contributed by atoms with Crippen molar-refractivity contribution in [1.82, 2.24) is 5.32 Å². The summed E-state index contributed by atoms with van der Waals surface area (Å²) >= 11 is 0. The molecule has 3 rings (SSSR count). The Labute approximate surface area is 125 Å². The zero-order chi connectivity index (χ0) is 14.8. The Morgan fingerprint density at radius 1 is 1.00 bits per heavy atom. The molecule has 1 heterocycles. The summed E-state index contributed by atoms with van der Waals surface area (Å²) in [5.74, 6) is 0.815. The van der Waals surface area contributed by atoms with E-state index in [2.05, 4.69) is 37.4 Å². The first-order valence-corrected chi connectivity index (χ1v) is 7.40. The minimum atomic E-state index is -0.197. The van der Waals surface area contributed by atoms with Crippen molar-refractivity contribution in [3.05, 3.63) is 65.0 Å². The summed E-state index contributed by atoms with van der Waals surface area (Å²) in [5.41, 5.74) is 3.64. The molecule has 3 heteroatoms. The molecule has 0 amide bonds. The van der Waals surface area contributed by atoms with Gasteiger partial charge in [-0.25, -0.2) is 4.39 Å². The van der Waals surface area contributed by atoms with Gasteiger partial charge < -0.3 is 10.1 Å². The van der Waals surface area contributed by atoms with Gasteiger partial charge in [0.05, 0.1) is 6.61 Å². The molecule has 0 aliphatic carbocycles. The third-order valence-electron chi connectivity index (χ3n) is 4.08. The van der Waals surface area contributed by atoms with E-state index in [4.69, 9.17) is 4.74 Å². The van der Waals surface area contributed by atoms with Crippen LogP contribution in [0, 0.1) is 5.82 Å². The van der Waals surface area contributed by atoms with Crippen molar-refractivity contribution in [3.63, 3.8) is 0 Å². The van der Waals surface area contributed by atoms with Crippen LogP contribution in [0.4, 0.5) is 4.39 Å². The third-order valence-corrected chi connectivity index (χ3v) is 4.08. The lowest BCUT2D eigenvalue weighted by Crippen LogP contribution is -2.22. The molecule has 0 spiro atoms.